The number of hydrogen-bond donors (Lipinski definition) is 0. The maximum atomic E-state index is 11.9. The molecular weight excluding hydrogens is 204 g/mol. The molecule has 1 aliphatic rings. The van der Waals surface area contributed by atoms with Gasteiger partial charge in [0.15, 0.2) is 5.78 Å². The summed E-state index contributed by atoms with van der Waals surface area (Å²) in [4.78, 5) is 34.4. The normalized spacial score (nSPS) is 14.9. The lowest BCUT2D eigenvalue weighted by Gasteiger charge is -2.05. The Morgan fingerprint density at radius 2 is 1.69 bits per heavy atom. The lowest BCUT2D eigenvalue weighted by Crippen LogP contribution is -2.22. The van der Waals surface area contributed by atoms with Crippen LogP contribution in [0.4, 0.5) is 0 Å². The molecule has 0 saturated heterocycles. The Balaban J connectivity index is 2.37. The van der Waals surface area contributed by atoms with Crippen LogP contribution < -0.4 is 0 Å². The summed E-state index contributed by atoms with van der Waals surface area (Å²) in [5.74, 6) is -1.80. The fraction of sp³-hybridized carbons (Fsp3) is 0. The summed E-state index contributed by atoms with van der Waals surface area (Å²) in [7, 11) is 0. The van der Waals surface area contributed by atoms with Gasteiger partial charge in [0.2, 0.25) is 11.6 Å². The summed E-state index contributed by atoms with van der Waals surface area (Å²) in [6, 6.07) is 8.41. The van der Waals surface area contributed by atoms with Crippen molar-refractivity contribution in [2.45, 2.75) is 0 Å². The van der Waals surface area contributed by atoms with Crippen molar-refractivity contribution < 1.29 is 14.4 Å². The Kier molecular flexibility index (Phi) is 2.60. The van der Waals surface area contributed by atoms with Crippen LogP contribution >= 0.6 is 0 Å². The van der Waals surface area contributed by atoms with Crippen molar-refractivity contribution in [3.8, 4) is 0 Å². The van der Waals surface area contributed by atoms with Crippen LogP contribution in [0.15, 0.2) is 54.1 Å². The minimum atomic E-state index is -0.739. The SMILES string of the molecule is O=C1C=CC=C(C(=O)c2ccccc2)C1=O. The van der Waals surface area contributed by atoms with E-state index in [0.717, 1.165) is 6.08 Å². The summed E-state index contributed by atoms with van der Waals surface area (Å²) in [5, 5.41) is 0. The Morgan fingerprint density at radius 3 is 2.38 bits per heavy atom. The molecule has 1 aromatic rings. The zero-order chi connectivity index (χ0) is 11.5. The molecule has 0 N–H and O–H groups in total. The maximum absolute atomic E-state index is 11.9. The molecule has 3 nitrogen and oxygen atoms in total. The number of hydrogen-bond acceptors (Lipinski definition) is 3. The molecule has 0 atom stereocenters. The third-order valence-corrected chi connectivity index (χ3v) is 2.26. The number of Topliss-reactive ketones (excluding diaryl/α,β-unsaturated/α-hetero) is 2. The van der Waals surface area contributed by atoms with Crippen LogP contribution in [0.25, 0.3) is 0 Å². The molecule has 0 spiro atoms. The second-order valence-electron chi connectivity index (χ2n) is 3.33. The zero-order valence-corrected chi connectivity index (χ0v) is 8.34. The first-order valence-electron chi connectivity index (χ1n) is 4.77. The molecule has 0 fully saturated rings. The highest BCUT2D eigenvalue weighted by atomic mass is 16.2. The van der Waals surface area contributed by atoms with Gasteiger partial charge in [-0.3, -0.25) is 14.4 Å². The second-order valence-corrected chi connectivity index (χ2v) is 3.33. The molecule has 16 heavy (non-hydrogen) atoms. The quantitative estimate of drug-likeness (QED) is 0.323. The van der Waals surface area contributed by atoms with E-state index in [4.69, 9.17) is 0 Å². The standard InChI is InChI=1S/C13H8O3/c14-11-8-4-7-10(13(11)16)12(15)9-5-2-1-3-6-9/h1-8H. The first-order chi connectivity index (χ1) is 7.70. The summed E-state index contributed by atoms with van der Waals surface area (Å²) in [6.07, 6.45) is 3.95. The molecule has 0 aliphatic heterocycles. The van der Waals surface area contributed by atoms with Gasteiger partial charge in [0.1, 0.15) is 0 Å². The Hall–Kier alpha value is -2.29. The Bertz CT molecular complexity index is 521. The molecule has 0 saturated carbocycles. The monoisotopic (exact) mass is 212 g/mol. The van der Waals surface area contributed by atoms with E-state index in [-0.39, 0.29) is 5.57 Å². The molecule has 0 heterocycles. The molecular formula is C13H8O3. The summed E-state index contributed by atoms with van der Waals surface area (Å²) in [5.41, 5.74) is 0.337. The molecule has 1 aromatic carbocycles. The molecule has 0 bridgehead atoms. The number of allylic oxidation sites excluding steroid dienone is 4. The van der Waals surface area contributed by atoms with E-state index in [1.165, 1.54) is 12.2 Å². The smallest absolute Gasteiger partial charge is 0.236 e. The fourth-order valence-corrected chi connectivity index (χ4v) is 1.44. The predicted molar refractivity (Wildman–Crippen MR) is 58.0 cm³/mol. The van der Waals surface area contributed by atoms with Crippen molar-refractivity contribution in [1.82, 2.24) is 0 Å². The Labute approximate surface area is 92.1 Å². The minimum Gasteiger partial charge on any atom is -0.288 e. The number of rotatable bonds is 2. The molecule has 0 unspecified atom stereocenters. The minimum absolute atomic E-state index is 0.0706. The molecule has 0 radical (unpaired) electrons. The van der Waals surface area contributed by atoms with Crippen molar-refractivity contribution in [2.75, 3.05) is 0 Å². The molecule has 0 amide bonds. The molecule has 1 aliphatic carbocycles. The van der Waals surface area contributed by atoms with Crippen LogP contribution in [-0.2, 0) is 9.59 Å². The van der Waals surface area contributed by atoms with E-state index in [1.54, 1.807) is 30.3 Å². The van der Waals surface area contributed by atoms with E-state index in [9.17, 15) is 14.4 Å². The average molecular weight is 212 g/mol. The van der Waals surface area contributed by atoms with Crippen LogP contribution in [0.1, 0.15) is 10.4 Å². The highest BCUT2D eigenvalue weighted by Gasteiger charge is 2.25. The van der Waals surface area contributed by atoms with Gasteiger partial charge < -0.3 is 0 Å². The third-order valence-electron chi connectivity index (χ3n) is 2.26. The lowest BCUT2D eigenvalue weighted by molar-refractivity contribution is -0.131. The van der Waals surface area contributed by atoms with E-state index >= 15 is 0 Å². The molecule has 0 aromatic heterocycles. The van der Waals surface area contributed by atoms with Crippen molar-refractivity contribution in [3.05, 3.63) is 59.7 Å². The van der Waals surface area contributed by atoms with Crippen LogP contribution in [0.3, 0.4) is 0 Å². The fourth-order valence-electron chi connectivity index (χ4n) is 1.44. The number of carbonyl (C=O) groups is 3. The summed E-state index contributed by atoms with van der Waals surface area (Å²) < 4.78 is 0. The van der Waals surface area contributed by atoms with Gasteiger partial charge in [0.05, 0.1) is 5.57 Å². The largest absolute Gasteiger partial charge is 0.288 e. The van der Waals surface area contributed by atoms with Gasteiger partial charge in [-0.05, 0) is 12.2 Å². The predicted octanol–water partition coefficient (Wildman–Crippen LogP) is 1.50. The number of carbonyl (C=O) groups excluding carboxylic acids is 3. The third kappa shape index (κ3) is 1.75. The number of benzene rings is 1. The zero-order valence-electron chi connectivity index (χ0n) is 8.34. The molecule has 3 heteroatoms. The Morgan fingerprint density at radius 1 is 1.00 bits per heavy atom. The topological polar surface area (TPSA) is 51.2 Å². The first kappa shape index (κ1) is 10.2. The van der Waals surface area contributed by atoms with Gasteiger partial charge in [-0.1, -0.05) is 36.4 Å². The van der Waals surface area contributed by atoms with E-state index in [0.29, 0.717) is 5.56 Å². The van der Waals surface area contributed by atoms with Crippen molar-refractivity contribution in [3.63, 3.8) is 0 Å². The summed E-state index contributed by atoms with van der Waals surface area (Å²) in [6.45, 7) is 0. The van der Waals surface area contributed by atoms with E-state index in [2.05, 4.69) is 0 Å². The second kappa shape index (κ2) is 4.06. The van der Waals surface area contributed by atoms with Crippen molar-refractivity contribution >= 4 is 17.3 Å². The molecule has 2 rings (SSSR count). The van der Waals surface area contributed by atoms with Crippen LogP contribution in [0.2, 0.25) is 0 Å². The highest BCUT2D eigenvalue weighted by molar-refractivity contribution is 6.54. The van der Waals surface area contributed by atoms with Gasteiger partial charge in [0.25, 0.3) is 0 Å². The van der Waals surface area contributed by atoms with Crippen LogP contribution in [0, 0.1) is 0 Å². The average Bonchev–Trinajstić information content (AvgIpc) is 2.33. The van der Waals surface area contributed by atoms with E-state index in [1.807, 2.05) is 0 Å². The first-order valence-corrected chi connectivity index (χ1v) is 4.77. The highest BCUT2D eigenvalue weighted by Crippen LogP contribution is 2.12. The van der Waals surface area contributed by atoms with E-state index < -0.39 is 17.3 Å². The van der Waals surface area contributed by atoms with Gasteiger partial charge in [-0.25, -0.2) is 0 Å². The van der Waals surface area contributed by atoms with Gasteiger partial charge >= 0.3 is 0 Å². The molecule has 78 valence electrons. The summed E-state index contributed by atoms with van der Waals surface area (Å²) >= 11 is 0. The van der Waals surface area contributed by atoms with Crippen molar-refractivity contribution in [1.29, 1.82) is 0 Å². The van der Waals surface area contributed by atoms with Crippen LogP contribution in [-0.4, -0.2) is 17.3 Å². The number of ketones is 3. The van der Waals surface area contributed by atoms with Gasteiger partial charge in [-0.2, -0.15) is 0 Å². The van der Waals surface area contributed by atoms with Crippen LogP contribution in [0.5, 0.6) is 0 Å². The van der Waals surface area contributed by atoms with Gasteiger partial charge in [0, 0.05) is 5.56 Å². The van der Waals surface area contributed by atoms with Crippen molar-refractivity contribution in [2.24, 2.45) is 0 Å². The maximum Gasteiger partial charge on any atom is 0.236 e. The van der Waals surface area contributed by atoms with Gasteiger partial charge in [-0.15, -0.1) is 0 Å². The lowest BCUT2D eigenvalue weighted by atomic mass is 9.94.